The number of aromatic hydroxyl groups is 1. The van der Waals surface area contributed by atoms with Crippen LogP contribution < -0.4 is 15.6 Å². The first-order valence-corrected chi connectivity index (χ1v) is 11.1. The van der Waals surface area contributed by atoms with Crippen molar-refractivity contribution in [2.45, 2.75) is 45.4 Å². The summed E-state index contributed by atoms with van der Waals surface area (Å²) in [5, 5.41) is 13.2. The van der Waals surface area contributed by atoms with E-state index >= 15 is 0 Å². The van der Waals surface area contributed by atoms with Crippen LogP contribution in [0, 0.1) is 5.82 Å². The van der Waals surface area contributed by atoms with Gasteiger partial charge in [-0.15, -0.1) is 0 Å². The van der Waals surface area contributed by atoms with Crippen LogP contribution in [-0.2, 0) is 13.0 Å². The fraction of sp³-hybridized carbons (Fsp3) is 0.400. The molecule has 2 aromatic heterocycles. The molecule has 3 heterocycles. The fourth-order valence-corrected chi connectivity index (χ4v) is 4.07. The topological polar surface area (TPSA) is 96.7 Å². The Kier molecular flexibility index (Phi) is 6.07. The summed E-state index contributed by atoms with van der Waals surface area (Å²) >= 11 is 0. The zero-order chi connectivity index (χ0) is 24.8. The minimum Gasteiger partial charge on any atom is -0.505 e. The number of halogens is 1. The highest BCUT2D eigenvalue weighted by Crippen LogP contribution is 2.38. The largest absolute Gasteiger partial charge is 0.505 e. The van der Waals surface area contributed by atoms with Gasteiger partial charge in [-0.1, -0.05) is 12.1 Å². The molecule has 1 unspecified atom stereocenters. The molecule has 8 nitrogen and oxygen atoms in total. The highest BCUT2D eigenvalue weighted by Gasteiger charge is 2.33. The zero-order valence-electron chi connectivity index (χ0n) is 20.0. The minimum absolute atomic E-state index is 0.124. The summed E-state index contributed by atoms with van der Waals surface area (Å²) < 4.78 is 21.3. The number of carbonyl (C=O) groups is 1. The molecule has 2 N–H and O–H groups in total. The van der Waals surface area contributed by atoms with E-state index in [0.717, 1.165) is 5.56 Å². The van der Waals surface area contributed by atoms with Crippen molar-refractivity contribution in [3.8, 4) is 11.5 Å². The highest BCUT2D eigenvalue weighted by atomic mass is 19.1. The maximum absolute atomic E-state index is 13.4. The Labute approximate surface area is 197 Å². The van der Waals surface area contributed by atoms with Gasteiger partial charge in [-0.05, 0) is 45.5 Å². The van der Waals surface area contributed by atoms with Crippen LogP contribution in [0.2, 0.25) is 0 Å². The van der Waals surface area contributed by atoms with Gasteiger partial charge in [-0.3, -0.25) is 24.0 Å². The fourth-order valence-electron chi connectivity index (χ4n) is 4.07. The van der Waals surface area contributed by atoms with Crippen molar-refractivity contribution in [1.82, 2.24) is 19.8 Å². The number of benzene rings is 1. The van der Waals surface area contributed by atoms with Gasteiger partial charge in [0.25, 0.3) is 11.5 Å². The third-order valence-electron chi connectivity index (χ3n) is 6.33. The Hall–Kier alpha value is -3.46. The molecule has 0 saturated heterocycles. The summed E-state index contributed by atoms with van der Waals surface area (Å²) in [5.74, 6) is -1.05. The van der Waals surface area contributed by atoms with E-state index < -0.39 is 17.2 Å². The molecule has 180 valence electrons. The predicted molar refractivity (Wildman–Crippen MR) is 127 cm³/mol. The molecule has 9 heteroatoms. The lowest BCUT2D eigenvalue weighted by molar-refractivity contribution is 0.0778. The maximum Gasteiger partial charge on any atom is 0.268 e. The van der Waals surface area contributed by atoms with Gasteiger partial charge >= 0.3 is 0 Å². The molecule has 1 atom stereocenters. The number of nitrogens with zero attached hydrogens (tertiary/aromatic N) is 3. The second-order valence-corrected chi connectivity index (χ2v) is 9.62. The van der Waals surface area contributed by atoms with Gasteiger partial charge in [0.1, 0.15) is 28.5 Å². The van der Waals surface area contributed by atoms with Crippen molar-refractivity contribution < 1.29 is 19.0 Å². The van der Waals surface area contributed by atoms with E-state index in [9.17, 15) is 19.1 Å². The van der Waals surface area contributed by atoms with Crippen LogP contribution in [0.25, 0.3) is 11.0 Å². The second-order valence-electron chi connectivity index (χ2n) is 9.62. The van der Waals surface area contributed by atoms with Crippen LogP contribution in [0.3, 0.4) is 0 Å². The first-order valence-electron chi connectivity index (χ1n) is 11.1. The average Bonchev–Trinajstić information content (AvgIpc) is 2.78. The van der Waals surface area contributed by atoms with Crippen molar-refractivity contribution >= 4 is 16.9 Å². The van der Waals surface area contributed by atoms with E-state index in [0.29, 0.717) is 29.8 Å². The number of ether oxygens (including phenoxy) is 1. The van der Waals surface area contributed by atoms with Gasteiger partial charge < -0.3 is 15.2 Å². The van der Waals surface area contributed by atoms with Gasteiger partial charge in [-0.25, -0.2) is 4.39 Å². The molecule has 4 rings (SSSR count). The third kappa shape index (κ3) is 4.23. The SMILES string of the molecule is CNC(=O)c1c(O)c2ncc(Cc3ccc(F)cc3)c3c2n(c1=O)CC(CN(C)C(C)(C)C)O3. The lowest BCUT2D eigenvalue weighted by atomic mass is 10.0. The molecule has 1 aliphatic rings. The Morgan fingerprint density at radius 3 is 2.62 bits per heavy atom. The Morgan fingerprint density at radius 1 is 1.32 bits per heavy atom. The van der Waals surface area contributed by atoms with Gasteiger partial charge in [-0.2, -0.15) is 0 Å². The van der Waals surface area contributed by atoms with E-state index in [2.05, 4.69) is 36.0 Å². The van der Waals surface area contributed by atoms with Crippen LogP contribution in [0.5, 0.6) is 11.5 Å². The molecule has 0 spiro atoms. The molecule has 1 aromatic carbocycles. The highest BCUT2D eigenvalue weighted by molar-refractivity contribution is 6.02. The van der Waals surface area contributed by atoms with Crippen LogP contribution in [0.4, 0.5) is 4.39 Å². The van der Waals surface area contributed by atoms with Crippen LogP contribution in [0.1, 0.15) is 42.3 Å². The Bertz CT molecular complexity index is 1310. The number of hydrogen-bond acceptors (Lipinski definition) is 6. The van der Waals surface area contributed by atoms with E-state index in [1.807, 2.05) is 7.05 Å². The standard InChI is InChI=1S/C25H29FN4O4/c1-25(2,3)29(5)12-17-13-30-20-19(21(31)18(24(30)33)23(32)27-4)28-11-15(22(20)34-17)10-14-6-8-16(26)9-7-14/h6-9,11,17,31H,10,12-13H2,1-5H3,(H,27,32). The number of carbonyl (C=O) groups excluding carboxylic acids is 1. The molecular weight excluding hydrogens is 439 g/mol. The second kappa shape index (κ2) is 8.72. The summed E-state index contributed by atoms with van der Waals surface area (Å²) in [4.78, 5) is 32.3. The monoisotopic (exact) mass is 468 g/mol. The summed E-state index contributed by atoms with van der Waals surface area (Å²) in [5.41, 5.74) is 0.950. The molecule has 0 bridgehead atoms. The molecule has 0 saturated carbocycles. The van der Waals surface area contributed by atoms with E-state index in [1.54, 1.807) is 18.3 Å². The Morgan fingerprint density at radius 2 is 2.00 bits per heavy atom. The maximum atomic E-state index is 13.4. The van der Waals surface area contributed by atoms with Crippen molar-refractivity contribution in [3.63, 3.8) is 0 Å². The molecule has 3 aromatic rings. The molecule has 34 heavy (non-hydrogen) atoms. The van der Waals surface area contributed by atoms with Gasteiger partial charge in [0.05, 0.1) is 6.54 Å². The van der Waals surface area contributed by atoms with Gasteiger partial charge in [0.2, 0.25) is 0 Å². The van der Waals surface area contributed by atoms with E-state index in [-0.39, 0.29) is 35.1 Å². The summed E-state index contributed by atoms with van der Waals surface area (Å²) in [7, 11) is 3.38. The molecular formula is C25H29FN4O4. The number of pyridine rings is 2. The third-order valence-corrected chi connectivity index (χ3v) is 6.33. The number of likely N-dealkylation sites (N-methyl/N-ethyl adjacent to an activating group) is 1. The number of nitrogens with one attached hydrogen (secondary N) is 1. The Balaban J connectivity index is 1.89. The quantitative estimate of drug-likeness (QED) is 0.598. The van der Waals surface area contributed by atoms with E-state index in [4.69, 9.17) is 4.74 Å². The molecule has 0 fully saturated rings. The van der Waals surface area contributed by atoms with Crippen molar-refractivity contribution in [2.75, 3.05) is 20.6 Å². The predicted octanol–water partition coefficient (Wildman–Crippen LogP) is 2.68. The number of amides is 1. The molecule has 0 aliphatic carbocycles. The lowest BCUT2D eigenvalue weighted by Gasteiger charge is -2.37. The van der Waals surface area contributed by atoms with Crippen LogP contribution >= 0.6 is 0 Å². The molecule has 1 aliphatic heterocycles. The normalized spacial score (nSPS) is 15.4. The molecule has 1 amide bonds. The number of hydrogen-bond donors (Lipinski definition) is 2. The first-order chi connectivity index (χ1) is 16.0. The lowest BCUT2D eigenvalue weighted by Crippen LogP contribution is -2.48. The van der Waals surface area contributed by atoms with Crippen molar-refractivity contribution in [1.29, 1.82) is 0 Å². The first kappa shape index (κ1) is 23.7. The van der Waals surface area contributed by atoms with Crippen LogP contribution in [-0.4, -0.2) is 57.7 Å². The number of rotatable bonds is 5. The number of aromatic nitrogens is 2. The van der Waals surface area contributed by atoms with Gasteiger partial charge in [0.15, 0.2) is 11.5 Å². The summed E-state index contributed by atoms with van der Waals surface area (Å²) in [6.07, 6.45) is 1.58. The van der Waals surface area contributed by atoms with E-state index in [1.165, 1.54) is 23.7 Å². The minimum atomic E-state index is -0.679. The average molecular weight is 469 g/mol. The van der Waals surface area contributed by atoms with Crippen molar-refractivity contribution in [2.24, 2.45) is 0 Å². The summed E-state index contributed by atoms with van der Waals surface area (Å²) in [6.45, 7) is 6.99. The smallest absolute Gasteiger partial charge is 0.268 e. The van der Waals surface area contributed by atoms with Crippen molar-refractivity contribution in [3.05, 3.63) is 63.3 Å². The van der Waals surface area contributed by atoms with Gasteiger partial charge in [0, 0.05) is 37.3 Å². The zero-order valence-corrected chi connectivity index (χ0v) is 20.0. The van der Waals surface area contributed by atoms with Crippen LogP contribution in [0.15, 0.2) is 35.3 Å². The summed E-state index contributed by atoms with van der Waals surface area (Å²) in [6, 6.07) is 6.13. The molecule has 0 radical (unpaired) electrons.